The van der Waals surface area contributed by atoms with Gasteiger partial charge in [0.15, 0.2) is 0 Å². The van der Waals surface area contributed by atoms with Crippen LogP contribution in [0.15, 0.2) is 18.2 Å². The zero-order chi connectivity index (χ0) is 14.3. The second-order valence-corrected chi connectivity index (χ2v) is 4.30. The summed E-state index contributed by atoms with van der Waals surface area (Å²) in [5.41, 5.74) is 2.70. The molecule has 0 atom stereocenters. The van der Waals surface area contributed by atoms with E-state index in [4.69, 9.17) is 0 Å². The van der Waals surface area contributed by atoms with E-state index in [1.807, 2.05) is 26.0 Å². The van der Waals surface area contributed by atoms with Crippen molar-refractivity contribution in [3.05, 3.63) is 29.3 Å². The molecule has 2 amide bonds. The number of benzene rings is 1. The fourth-order valence-corrected chi connectivity index (χ4v) is 1.71. The molecule has 0 heterocycles. The van der Waals surface area contributed by atoms with E-state index < -0.39 is 0 Å². The predicted molar refractivity (Wildman–Crippen MR) is 76.4 cm³/mol. The quantitative estimate of drug-likeness (QED) is 0.677. The molecule has 0 aliphatic heterocycles. The highest BCUT2D eigenvalue weighted by Crippen LogP contribution is 2.16. The van der Waals surface area contributed by atoms with Crippen molar-refractivity contribution in [2.45, 2.75) is 20.8 Å². The van der Waals surface area contributed by atoms with E-state index in [0.717, 1.165) is 17.8 Å². The van der Waals surface area contributed by atoms with E-state index in [0.29, 0.717) is 18.7 Å². The molecule has 0 fully saturated rings. The summed E-state index contributed by atoms with van der Waals surface area (Å²) in [6.45, 7) is 7.16. The molecule has 0 saturated heterocycles. The molecular formula is C14H21N3O2. The Kier molecular flexibility index (Phi) is 5.85. The summed E-state index contributed by atoms with van der Waals surface area (Å²) in [4.78, 5) is 22.5. The number of carbonyl (C=O) groups is 2. The first-order valence-electron chi connectivity index (χ1n) is 6.41. The van der Waals surface area contributed by atoms with Crippen LogP contribution in [0.2, 0.25) is 0 Å². The molecule has 0 aliphatic rings. The Morgan fingerprint density at radius 1 is 1.16 bits per heavy atom. The largest absolute Gasteiger partial charge is 0.385 e. The van der Waals surface area contributed by atoms with Gasteiger partial charge in [-0.25, -0.2) is 0 Å². The smallest absolute Gasteiger partial charge is 0.251 e. The van der Waals surface area contributed by atoms with E-state index in [1.165, 1.54) is 6.92 Å². The van der Waals surface area contributed by atoms with Crippen molar-refractivity contribution in [3.8, 4) is 0 Å². The molecule has 1 rings (SSSR count). The SMILES string of the molecule is CCNc1ccc(C(=O)NCCNC(C)=O)cc1C. The molecule has 0 aromatic heterocycles. The molecule has 0 aliphatic carbocycles. The maximum Gasteiger partial charge on any atom is 0.251 e. The molecule has 3 N–H and O–H groups in total. The van der Waals surface area contributed by atoms with Crippen LogP contribution in [-0.4, -0.2) is 31.4 Å². The second-order valence-electron chi connectivity index (χ2n) is 4.30. The van der Waals surface area contributed by atoms with Crippen LogP contribution < -0.4 is 16.0 Å². The lowest BCUT2D eigenvalue weighted by molar-refractivity contribution is -0.118. The fraction of sp³-hybridized carbons (Fsp3) is 0.429. The Labute approximate surface area is 113 Å². The first-order chi connectivity index (χ1) is 9.04. The van der Waals surface area contributed by atoms with Crippen molar-refractivity contribution in [2.24, 2.45) is 0 Å². The summed E-state index contributed by atoms with van der Waals surface area (Å²) in [6, 6.07) is 5.55. The van der Waals surface area contributed by atoms with Gasteiger partial charge in [-0.1, -0.05) is 0 Å². The van der Waals surface area contributed by atoms with E-state index in [-0.39, 0.29) is 11.8 Å². The Morgan fingerprint density at radius 3 is 2.42 bits per heavy atom. The van der Waals surface area contributed by atoms with Gasteiger partial charge in [0.05, 0.1) is 0 Å². The maximum absolute atomic E-state index is 11.9. The number of nitrogens with one attached hydrogen (secondary N) is 3. The Morgan fingerprint density at radius 2 is 1.84 bits per heavy atom. The summed E-state index contributed by atoms with van der Waals surface area (Å²) < 4.78 is 0. The lowest BCUT2D eigenvalue weighted by Gasteiger charge is -2.10. The summed E-state index contributed by atoms with van der Waals surface area (Å²) in [6.07, 6.45) is 0. The van der Waals surface area contributed by atoms with Crippen molar-refractivity contribution in [1.29, 1.82) is 0 Å². The number of amides is 2. The second kappa shape index (κ2) is 7.41. The minimum atomic E-state index is -0.128. The average Bonchev–Trinajstić information content (AvgIpc) is 2.36. The van der Waals surface area contributed by atoms with E-state index in [1.54, 1.807) is 6.07 Å². The Hall–Kier alpha value is -2.04. The Bertz CT molecular complexity index is 458. The zero-order valence-electron chi connectivity index (χ0n) is 11.7. The van der Waals surface area contributed by atoms with Crippen LogP contribution in [0, 0.1) is 6.92 Å². The van der Waals surface area contributed by atoms with Crippen LogP contribution in [0.4, 0.5) is 5.69 Å². The predicted octanol–water partition coefficient (Wildman–Crippen LogP) is 1.29. The molecular weight excluding hydrogens is 242 g/mol. The van der Waals surface area contributed by atoms with Gasteiger partial charge in [-0.05, 0) is 37.6 Å². The van der Waals surface area contributed by atoms with Crippen molar-refractivity contribution >= 4 is 17.5 Å². The third-order valence-corrected chi connectivity index (χ3v) is 2.64. The summed E-state index contributed by atoms with van der Waals surface area (Å²) in [5.74, 6) is -0.225. The topological polar surface area (TPSA) is 70.2 Å². The van der Waals surface area contributed by atoms with Gasteiger partial charge in [0.1, 0.15) is 0 Å². The number of anilines is 1. The maximum atomic E-state index is 11.9. The third-order valence-electron chi connectivity index (χ3n) is 2.64. The third kappa shape index (κ3) is 4.99. The highest BCUT2D eigenvalue weighted by atomic mass is 16.2. The van der Waals surface area contributed by atoms with E-state index in [2.05, 4.69) is 16.0 Å². The minimum Gasteiger partial charge on any atom is -0.385 e. The van der Waals surface area contributed by atoms with Gasteiger partial charge in [-0.15, -0.1) is 0 Å². The number of hydrogen-bond donors (Lipinski definition) is 3. The summed E-state index contributed by atoms with van der Waals surface area (Å²) in [5, 5.41) is 8.61. The standard InChI is InChI=1S/C14H21N3O2/c1-4-15-13-6-5-12(9-10(13)2)14(19)17-8-7-16-11(3)18/h5-6,9,15H,4,7-8H2,1-3H3,(H,16,18)(H,17,19). The van der Waals surface area contributed by atoms with Crippen molar-refractivity contribution in [1.82, 2.24) is 10.6 Å². The van der Waals surface area contributed by atoms with Crippen LogP contribution in [0.3, 0.4) is 0 Å². The van der Waals surface area contributed by atoms with Gasteiger partial charge in [0, 0.05) is 37.8 Å². The molecule has 0 unspecified atom stereocenters. The van der Waals surface area contributed by atoms with Gasteiger partial charge < -0.3 is 16.0 Å². The van der Waals surface area contributed by atoms with E-state index in [9.17, 15) is 9.59 Å². The monoisotopic (exact) mass is 263 g/mol. The normalized spacial score (nSPS) is 9.84. The Balaban J connectivity index is 2.53. The zero-order valence-corrected chi connectivity index (χ0v) is 11.7. The first-order valence-corrected chi connectivity index (χ1v) is 6.41. The van der Waals surface area contributed by atoms with E-state index >= 15 is 0 Å². The molecule has 19 heavy (non-hydrogen) atoms. The van der Waals surface area contributed by atoms with Crippen LogP contribution in [0.1, 0.15) is 29.8 Å². The van der Waals surface area contributed by atoms with Crippen LogP contribution in [0.25, 0.3) is 0 Å². The van der Waals surface area contributed by atoms with Gasteiger partial charge in [-0.2, -0.15) is 0 Å². The molecule has 1 aromatic rings. The molecule has 5 nitrogen and oxygen atoms in total. The molecule has 0 saturated carbocycles. The van der Waals surface area contributed by atoms with Crippen LogP contribution >= 0.6 is 0 Å². The lowest BCUT2D eigenvalue weighted by atomic mass is 10.1. The molecule has 1 aromatic carbocycles. The highest BCUT2D eigenvalue weighted by Gasteiger charge is 2.06. The molecule has 0 bridgehead atoms. The fourth-order valence-electron chi connectivity index (χ4n) is 1.71. The van der Waals surface area contributed by atoms with Gasteiger partial charge >= 0.3 is 0 Å². The summed E-state index contributed by atoms with van der Waals surface area (Å²) in [7, 11) is 0. The summed E-state index contributed by atoms with van der Waals surface area (Å²) >= 11 is 0. The molecule has 0 spiro atoms. The average molecular weight is 263 g/mol. The number of hydrogen-bond acceptors (Lipinski definition) is 3. The minimum absolute atomic E-state index is 0.0971. The number of carbonyl (C=O) groups excluding carboxylic acids is 2. The van der Waals surface area contributed by atoms with Crippen LogP contribution in [0.5, 0.6) is 0 Å². The van der Waals surface area contributed by atoms with Crippen molar-refractivity contribution < 1.29 is 9.59 Å². The van der Waals surface area contributed by atoms with Crippen LogP contribution in [-0.2, 0) is 4.79 Å². The molecule has 5 heteroatoms. The molecule has 0 radical (unpaired) electrons. The van der Waals surface area contributed by atoms with Gasteiger partial charge in [0.2, 0.25) is 5.91 Å². The number of aryl methyl sites for hydroxylation is 1. The van der Waals surface area contributed by atoms with Gasteiger partial charge in [0.25, 0.3) is 5.91 Å². The highest BCUT2D eigenvalue weighted by molar-refractivity contribution is 5.94. The van der Waals surface area contributed by atoms with Crippen molar-refractivity contribution in [2.75, 3.05) is 25.0 Å². The lowest BCUT2D eigenvalue weighted by Crippen LogP contribution is -2.33. The number of rotatable bonds is 6. The van der Waals surface area contributed by atoms with Gasteiger partial charge in [-0.3, -0.25) is 9.59 Å². The molecule has 104 valence electrons. The van der Waals surface area contributed by atoms with Crippen molar-refractivity contribution in [3.63, 3.8) is 0 Å². The first kappa shape index (κ1) is 15.0.